The number of nitrogens with two attached hydrogens (primary N) is 1. The summed E-state index contributed by atoms with van der Waals surface area (Å²) in [5, 5.41) is 9.35. The summed E-state index contributed by atoms with van der Waals surface area (Å²) in [6.45, 7) is 2.83. The van der Waals surface area contributed by atoms with E-state index in [-0.39, 0.29) is 11.7 Å². The summed E-state index contributed by atoms with van der Waals surface area (Å²) in [6, 6.07) is 16.0. The average Bonchev–Trinajstić information content (AvgIpc) is 2.62. The molecule has 0 saturated carbocycles. The van der Waals surface area contributed by atoms with Crippen LogP contribution in [0.5, 0.6) is 5.75 Å². The molecule has 0 aromatic heterocycles. The first-order valence-electron chi connectivity index (χ1n) is 7.78. The molecule has 2 aromatic carbocycles. The summed E-state index contributed by atoms with van der Waals surface area (Å²) in [4.78, 5) is 16.6. The van der Waals surface area contributed by atoms with Gasteiger partial charge in [0, 0.05) is 31.9 Å². The molecule has 5 heteroatoms. The van der Waals surface area contributed by atoms with Crippen LogP contribution < -0.4 is 10.6 Å². The number of phenolic OH excluding ortho intramolecular Hbond substituents is 1. The number of carbonyl (C=O) groups excluding carboxylic acids is 1. The second kappa shape index (κ2) is 6.71. The minimum Gasteiger partial charge on any atom is -0.508 e. The lowest BCUT2D eigenvalue weighted by Gasteiger charge is -2.37. The van der Waals surface area contributed by atoms with Gasteiger partial charge in [-0.15, -0.1) is 0 Å². The number of amides is 1. The highest BCUT2D eigenvalue weighted by Gasteiger charge is 2.26. The van der Waals surface area contributed by atoms with Crippen molar-refractivity contribution < 1.29 is 9.90 Å². The fourth-order valence-corrected chi connectivity index (χ4v) is 2.85. The van der Waals surface area contributed by atoms with Crippen molar-refractivity contribution in [1.82, 2.24) is 4.90 Å². The van der Waals surface area contributed by atoms with Crippen LogP contribution in [-0.4, -0.2) is 42.1 Å². The smallest absolute Gasteiger partial charge is 0.244 e. The topological polar surface area (TPSA) is 69.8 Å². The Labute approximate surface area is 135 Å². The van der Waals surface area contributed by atoms with E-state index < -0.39 is 6.04 Å². The number of benzene rings is 2. The average molecular weight is 311 g/mol. The van der Waals surface area contributed by atoms with Crippen molar-refractivity contribution >= 4 is 11.6 Å². The third kappa shape index (κ3) is 3.46. The maximum Gasteiger partial charge on any atom is 0.244 e. The molecular formula is C18H21N3O2. The third-order valence-electron chi connectivity index (χ3n) is 4.23. The molecule has 1 aliphatic heterocycles. The molecule has 0 aliphatic carbocycles. The van der Waals surface area contributed by atoms with Gasteiger partial charge in [0.15, 0.2) is 0 Å². The summed E-state index contributed by atoms with van der Waals surface area (Å²) >= 11 is 0. The van der Waals surface area contributed by atoms with Crippen molar-refractivity contribution in [2.24, 2.45) is 5.73 Å². The molecule has 0 radical (unpaired) electrons. The number of phenols is 1. The summed E-state index contributed by atoms with van der Waals surface area (Å²) in [5.74, 6) is 0.234. The van der Waals surface area contributed by atoms with Gasteiger partial charge in [-0.2, -0.15) is 0 Å². The Kier molecular flexibility index (Phi) is 4.48. The number of nitrogens with zero attached hydrogens (tertiary/aromatic N) is 2. The first-order valence-corrected chi connectivity index (χ1v) is 7.78. The first-order chi connectivity index (χ1) is 11.1. The lowest BCUT2D eigenvalue weighted by Crippen LogP contribution is -2.51. The molecule has 1 amide bonds. The lowest BCUT2D eigenvalue weighted by molar-refractivity contribution is -0.133. The standard InChI is InChI=1S/C18H21N3O2/c19-17(14-4-2-1-3-5-14)18(23)21-12-10-20(11-13-21)15-6-8-16(22)9-7-15/h1-9,17,22H,10-13,19H2/t17-/m0/s1. The van der Waals surface area contributed by atoms with Crippen LogP contribution in [0.4, 0.5) is 5.69 Å². The zero-order valence-electron chi connectivity index (χ0n) is 12.9. The molecule has 5 nitrogen and oxygen atoms in total. The van der Waals surface area contributed by atoms with Gasteiger partial charge in [-0.05, 0) is 29.8 Å². The number of anilines is 1. The zero-order valence-corrected chi connectivity index (χ0v) is 12.9. The van der Waals surface area contributed by atoms with Gasteiger partial charge in [0.25, 0.3) is 0 Å². The molecule has 1 fully saturated rings. The van der Waals surface area contributed by atoms with Crippen LogP contribution in [0.2, 0.25) is 0 Å². The number of hydrogen-bond donors (Lipinski definition) is 2. The fraction of sp³-hybridized carbons (Fsp3) is 0.278. The first kappa shape index (κ1) is 15.4. The molecule has 1 aliphatic rings. The van der Waals surface area contributed by atoms with Gasteiger partial charge in [-0.3, -0.25) is 4.79 Å². The Morgan fingerprint density at radius 1 is 0.957 bits per heavy atom. The third-order valence-corrected chi connectivity index (χ3v) is 4.23. The van der Waals surface area contributed by atoms with Gasteiger partial charge >= 0.3 is 0 Å². The minimum absolute atomic E-state index is 0.0263. The van der Waals surface area contributed by atoms with Gasteiger partial charge in [-0.1, -0.05) is 30.3 Å². The second-order valence-electron chi connectivity index (χ2n) is 5.72. The Bertz CT molecular complexity index is 650. The van der Waals surface area contributed by atoms with Crippen molar-refractivity contribution in [3.8, 4) is 5.75 Å². The summed E-state index contributed by atoms with van der Waals surface area (Å²) in [7, 11) is 0. The monoisotopic (exact) mass is 311 g/mol. The number of rotatable bonds is 3. The van der Waals surface area contributed by atoms with Gasteiger partial charge in [0.05, 0.1) is 0 Å². The molecule has 1 heterocycles. The van der Waals surface area contributed by atoms with E-state index in [0.29, 0.717) is 13.1 Å². The van der Waals surface area contributed by atoms with E-state index in [2.05, 4.69) is 4.90 Å². The van der Waals surface area contributed by atoms with Gasteiger partial charge in [0.1, 0.15) is 11.8 Å². The Morgan fingerprint density at radius 2 is 1.57 bits per heavy atom. The number of aromatic hydroxyl groups is 1. The maximum atomic E-state index is 12.5. The van der Waals surface area contributed by atoms with Crippen molar-refractivity contribution in [1.29, 1.82) is 0 Å². The van der Waals surface area contributed by atoms with Crippen LogP contribution >= 0.6 is 0 Å². The lowest BCUT2D eigenvalue weighted by atomic mass is 10.1. The molecule has 2 aromatic rings. The predicted octanol–water partition coefficient (Wildman–Crippen LogP) is 1.74. The Balaban J connectivity index is 1.60. The highest BCUT2D eigenvalue weighted by atomic mass is 16.3. The Hall–Kier alpha value is -2.53. The second-order valence-corrected chi connectivity index (χ2v) is 5.72. The minimum atomic E-state index is -0.601. The van der Waals surface area contributed by atoms with Crippen molar-refractivity contribution in [2.45, 2.75) is 6.04 Å². The van der Waals surface area contributed by atoms with Crippen molar-refractivity contribution in [2.75, 3.05) is 31.1 Å². The van der Waals surface area contributed by atoms with Gasteiger partial charge < -0.3 is 20.6 Å². The van der Waals surface area contributed by atoms with Crippen molar-refractivity contribution in [3.05, 3.63) is 60.2 Å². The summed E-state index contributed by atoms with van der Waals surface area (Å²) < 4.78 is 0. The van der Waals surface area contributed by atoms with E-state index in [4.69, 9.17) is 5.73 Å². The molecule has 0 unspecified atom stereocenters. The fourth-order valence-electron chi connectivity index (χ4n) is 2.85. The highest BCUT2D eigenvalue weighted by Crippen LogP contribution is 2.21. The molecule has 23 heavy (non-hydrogen) atoms. The number of hydrogen-bond acceptors (Lipinski definition) is 4. The van der Waals surface area contributed by atoms with Crippen LogP contribution in [0, 0.1) is 0 Å². The zero-order chi connectivity index (χ0) is 16.2. The van der Waals surface area contributed by atoms with E-state index in [1.165, 1.54) is 0 Å². The van der Waals surface area contributed by atoms with Crippen LogP contribution in [-0.2, 0) is 4.79 Å². The maximum absolute atomic E-state index is 12.5. The SMILES string of the molecule is N[C@H](C(=O)N1CCN(c2ccc(O)cc2)CC1)c1ccccc1. The molecular weight excluding hydrogens is 290 g/mol. The van der Waals surface area contributed by atoms with E-state index in [1.54, 1.807) is 12.1 Å². The van der Waals surface area contributed by atoms with E-state index in [9.17, 15) is 9.90 Å². The summed E-state index contributed by atoms with van der Waals surface area (Å²) in [5.41, 5.74) is 8.00. The quantitative estimate of drug-likeness (QED) is 0.906. The number of piperazine rings is 1. The molecule has 3 rings (SSSR count). The molecule has 0 spiro atoms. The molecule has 3 N–H and O–H groups in total. The van der Waals surface area contributed by atoms with E-state index >= 15 is 0 Å². The molecule has 1 atom stereocenters. The van der Waals surface area contributed by atoms with Crippen LogP contribution in [0.1, 0.15) is 11.6 Å². The normalized spacial score (nSPS) is 16.2. The van der Waals surface area contributed by atoms with Crippen LogP contribution in [0.15, 0.2) is 54.6 Å². The highest BCUT2D eigenvalue weighted by molar-refractivity contribution is 5.83. The van der Waals surface area contributed by atoms with Crippen molar-refractivity contribution in [3.63, 3.8) is 0 Å². The van der Waals surface area contributed by atoms with Gasteiger partial charge in [0.2, 0.25) is 5.91 Å². The van der Waals surface area contributed by atoms with Gasteiger partial charge in [-0.25, -0.2) is 0 Å². The van der Waals surface area contributed by atoms with Crippen LogP contribution in [0.3, 0.4) is 0 Å². The Morgan fingerprint density at radius 3 is 2.17 bits per heavy atom. The molecule has 120 valence electrons. The summed E-state index contributed by atoms with van der Waals surface area (Å²) in [6.07, 6.45) is 0. The van der Waals surface area contributed by atoms with E-state index in [0.717, 1.165) is 24.3 Å². The molecule has 1 saturated heterocycles. The largest absolute Gasteiger partial charge is 0.508 e. The van der Waals surface area contributed by atoms with Crippen LogP contribution in [0.25, 0.3) is 0 Å². The molecule has 0 bridgehead atoms. The number of carbonyl (C=O) groups is 1. The predicted molar refractivity (Wildman–Crippen MR) is 90.3 cm³/mol. The van der Waals surface area contributed by atoms with E-state index in [1.807, 2.05) is 47.4 Å².